The Labute approximate surface area is 95.2 Å². The fourth-order valence-electron chi connectivity index (χ4n) is 1.21. The lowest BCUT2D eigenvalue weighted by Gasteiger charge is -2.17. The number of hydrogen-bond acceptors (Lipinski definition) is 4. The van der Waals surface area contributed by atoms with Crippen LogP contribution in [-0.4, -0.2) is 31.3 Å². The van der Waals surface area contributed by atoms with Gasteiger partial charge in [0.2, 0.25) is 0 Å². The van der Waals surface area contributed by atoms with E-state index in [4.69, 9.17) is 20.8 Å². The van der Waals surface area contributed by atoms with E-state index in [0.29, 0.717) is 18.5 Å². The molecule has 0 saturated carbocycles. The van der Waals surface area contributed by atoms with Gasteiger partial charge in [0.05, 0.1) is 18.2 Å². The van der Waals surface area contributed by atoms with E-state index < -0.39 is 0 Å². The molecule has 0 fully saturated rings. The second-order valence-electron chi connectivity index (χ2n) is 3.03. The van der Waals surface area contributed by atoms with Gasteiger partial charge < -0.3 is 14.1 Å². The highest BCUT2D eigenvalue weighted by atomic mass is 35.5. The quantitative estimate of drug-likeness (QED) is 0.534. The Bertz CT molecular complexity index is 278. The number of likely N-dealkylation sites (N-methyl/N-ethyl adjacent to an activating group) is 1. The Morgan fingerprint density at radius 3 is 2.87 bits per heavy atom. The molecule has 0 unspecified atom stereocenters. The minimum atomic E-state index is 0.381. The summed E-state index contributed by atoms with van der Waals surface area (Å²) in [6.07, 6.45) is 1.59. The van der Waals surface area contributed by atoms with Crippen molar-refractivity contribution in [3.8, 4) is 0 Å². The van der Waals surface area contributed by atoms with E-state index in [1.807, 2.05) is 11.8 Å². The monoisotopic (exact) mass is 232 g/mol. The zero-order chi connectivity index (χ0) is 11.1. The van der Waals surface area contributed by atoms with Crippen molar-refractivity contribution in [3.05, 3.63) is 12.0 Å². The molecule has 0 N–H and O–H groups in total. The lowest BCUT2D eigenvalue weighted by molar-refractivity contribution is 0.153. The van der Waals surface area contributed by atoms with Crippen LogP contribution in [0, 0.1) is 0 Å². The van der Waals surface area contributed by atoms with E-state index in [1.165, 1.54) is 0 Å². The van der Waals surface area contributed by atoms with Crippen LogP contribution in [-0.2, 0) is 10.6 Å². The predicted octanol–water partition coefficient (Wildman–Crippen LogP) is 2.28. The van der Waals surface area contributed by atoms with Gasteiger partial charge in [0.25, 0.3) is 6.01 Å². The van der Waals surface area contributed by atoms with Crippen molar-refractivity contribution in [2.75, 3.05) is 31.2 Å². The highest BCUT2D eigenvalue weighted by Gasteiger charge is 2.10. The van der Waals surface area contributed by atoms with Gasteiger partial charge in [-0.25, -0.2) is 0 Å². The second-order valence-corrected chi connectivity index (χ2v) is 3.30. The molecule has 0 saturated heterocycles. The summed E-state index contributed by atoms with van der Waals surface area (Å²) < 4.78 is 10.6. The van der Waals surface area contributed by atoms with Crippen LogP contribution in [0.15, 0.2) is 10.7 Å². The Morgan fingerprint density at radius 1 is 1.53 bits per heavy atom. The molecule has 0 aromatic carbocycles. The zero-order valence-corrected chi connectivity index (χ0v) is 9.96. The first-order valence-corrected chi connectivity index (χ1v) is 5.68. The molecule has 1 heterocycles. The van der Waals surface area contributed by atoms with Gasteiger partial charge >= 0.3 is 0 Å². The highest BCUT2D eigenvalue weighted by molar-refractivity contribution is 6.16. The summed E-state index contributed by atoms with van der Waals surface area (Å²) in [6, 6.07) is 0.618. The maximum Gasteiger partial charge on any atom is 0.297 e. The first-order valence-electron chi connectivity index (χ1n) is 5.14. The van der Waals surface area contributed by atoms with Crippen molar-refractivity contribution in [2.24, 2.45) is 0 Å². The van der Waals surface area contributed by atoms with Crippen LogP contribution < -0.4 is 4.90 Å². The van der Waals surface area contributed by atoms with Gasteiger partial charge in [0.1, 0.15) is 6.26 Å². The summed E-state index contributed by atoms with van der Waals surface area (Å²) in [7, 11) is 0. The predicted molar refractivity (Wildman–Crippen MR) is 60.4 cm³/mol. The molecule has 0 aliphatic heterocycles. The highest BCUT2D eigenvalue weighted by Crippen LogP contribution is 2.14. The van der Waals surface area contributed by atoms with Gasteiger partial charge in [0, 0.05) is 19.7 Å². The number of anilines is 1. The molecule has 0 aliphatic carbocycles. The van der Waals surface area contributed by atoms with Crippen LogP contribution in [0.25, 0.3) is 0 Å². The van der Waals surface area contributed by atoms with E-state index in [0.717, 1.165) is 25.4 Å². The summed E-state index contributed by atoms with van der Waals surface area (Å²) in [6.45, 7) is 7.07. The average molecular weight is 233 g/mol. The molecule has 1 aromatic heterocycles. The zero-order valence-electron chi connectivity index (χ0n) is 9.20. The molecule has 1 rings (SSSR count). The molecular formula is C10H17ClN2O2. The van der Waals surface area contributed by atoms with Crippen LogP contribution in [0.3, 0.4) is 0 Å². The third-order valence-electron chi connectivity index (χ3n) is 2.04. The number of aromatic nitrogens is 1. The van der Waals surface area contributed by atoms with E-state index in [9.17, 15) is 0 Å². The van der Waals surface area contributed by atoms with E-state index in [1.54, 1.807) is 6.26 Å². The topological polar surface area (TPSA) is 38.5 Å². The third kappa shape index (κ3) is 3.72. The molecule has 0 amide bonds. The van der Waals surface area contributed by atoms with Crippen LogP contribution in [0.5, 0.6) is 0 Å². The van der Waals surface area contributed by atoms with Crippen molar-refractivity contribution in [2.45, 2.75) is 19.7 Å². The van der Waals surface area contributed by atoms with Gasteiger partial charge in [-0.05, 0) is 13.8 Å². The summed E-state index contributed by atoms with van der Waals surface area (Å²) >= 11 is 5.65. The number of nitrogens with zero attached hydrogens (tertiary/aromatic N) is 2. The standard InChI is InChI=1S/C10H17ClN2O2/c1-3-13(5-6-14-4-2)10-12-9(7-11)8-15-10/h8H,3-7H2,1-2H3. The fraction of sp³-hybridized carbons (Fsp3) is 0.700. The molecular weight excluding hydrogens is 216 g/mol. The summed E-state index contributed by atoms with van der Waals surface area (Å²) in [5.41, 5.74) is 0.765. The molecule has 0 radical (unpaired) electrons. The number of oxazole rings is 1. The van der Waals surface area contributed by atoms with Gasteiger partial charge in [-0.3, -0.25) is 0 Å². The molecule has 0 atom stereocenters. The second kappa shape index (κ2) is 6.69. The minimum Gasteiger partial charge on any atom is -0.432 e. The number of rotatable bonds is 7. The first kappa shape index (κ1) is 12.3. The SMILES string of the molecule is CCOCCN(CC)c1nc(CCl)co1. The van der Waals surface area contributed by atoms with Crippen LogP contribution >= 0.6 is 11.6 Å². The third-order valence-corrected chi connectivity index (χ3v) is 2.31. The average Bonchev–Trinajstić information content (AvgIpc) is 2.73. The smallest absolute Gasteiger partial charge is 0.297 e. The van der Waals surface area contributed by atoms with Crippen molar-refractivity contribution in [1.82, 2.24) is 4.98 Å². The van der Waals surface area contributed by atoms with Crippen LogP contribution in [0.1, 0.15) is 19.5 Å². The molecule has 0 bridgehead atoms. The molecule has 15 heavy (non-hydrogen) atoms. The number of halogens is 1. The van der Waals surface area contributed by atoms with E-state index >= 15 is 0 Å². The Kier molecular flexibility index (Phi) is 5.50. The Morgan fingerprint density at radius 2 is 2.33 bits per heavy atom. The van der Waals surface area contributed by atoms with Crippen molar-refractivity contribution in [3.63, 3.8) is 0 Å². The molecule has 86 valence electrons. The lowest BCUT2D eigenvalue weighted by atomic mass is 10.5. The number of ether oxygens (including phenoxy) is 1. The Hall–Kier alpha value is -0.740. The van der Waals surface area contributed by atoms with Crippen molar-refractivity contribution in [1.29, 1.82) is 0 Å². The molecule has 1 aromatic rings. The summed E-state index contributed by atoms with van der Waals surface area (Å²) in [4.78, 5) is 6.27. The van der Waals surface area contributed by atoms with Crippen LogP contribution in [0.4, 0.5) is 6.01 Å². The molecule has 4 nitrogen and oxygen atoms in total. The van der Waals surface area contributed by atoms with E-state index in [-0.39, 0.29) is 0 Å². The van der Waals surface area contributed by atoms with Crippen LogP contribution in [0.2, 0.25) is 0 Å². The Balaban J connectivity index is 2.49. The maximum atomic E-state index is 5.65. The van der Waals surface area contributed by atoms with Gasteiger partial charge in [-0.2, -0.15) is 4.98 Å². The molecule has 0 aliphatic rings. The van der Waals surface area contributed by atoms with Crippen molar-refractivity contribution >= 4 is 17.6 Å². The van der Waals surface area contributed by atoms with E-state index in [2.05, 4.69) is 11.9 Å². The first-order chi connectivity index (χ1) is 7.31. The molecule has 5 heteroatoms. The largest absolute Gasteiger partial charge is 0.432 e. The molecule has 0 spiro atoms. The summed E-state index contributed by atoms with van der Waals surface area (Å²) in [5, 5.41) is 0. The summed E-state index contributed by atoms with van der Waals surface area (Å²) in [5.74, 6) is 0.381. The lowest BCUT2D eigenvalue weighted by Crippen LogP contribution is -2.27. The fourth-order valence-corrected chi connectivity index (χ4v) is 1.33. The number of alkyl halides is 1. The van der Waals surface area contributed by atoms with Gasteiger partial charge in [0.15, 0.2) is 0 Å². The van der Waals surface area contributed by atoms with Gasteiger partial charge in [-0.15, -0.1) is 11.6 Å². The minimum absolute atomic E-state index is 0.381. The normalized spacial score (nSPS) is 10.6. The van der Waals surface area contributed by atoms with Gasteiger partial charge in [-0.1, -0.05) is 0 Å². The maximum absolute atomic E-state index is 5.65. The van der Waals surface area contributed by atoms with Crippen molar-refractivity contribution < 1.29 is 9.15 Å². The number of hydrogen-bond donors (Lipinski definition) is 0.